The van der Waals surface area contributed by atoms with Crippen LogP contribution in [0.3, 0.4) is 0 Å². The predicted octanol–water partition coefficient (Wildman–Crippen LogP) is 4.13. The highest BCUT2D eigenvalue weighted by Gasteiger charge is 2.39. The summed E-state index contributed by atoms with van der Waals surface area (Å²) in [7, 11) is -1.77. The highest BCUT2D eigenvalue weighted by molar-refractivity contribution is 6.74. The third kappa shape index (κ3) is 6.04. The smallest absolute Gasteiger partial charge is 0.410 e. The number of carbonyl (C=O) groups is 1. The number of carbonyl (C=O) groups excluding carboxylic acids is 1. The molecule has 0 aromatic rings. The quantitative estimate of drug-likeness (QED) is 0.768. The van der Waals surface area contributed by atoms with Gasteiger partial charge < -0.3 is 19.8 Å². The summed E-state index contributed by atoms with van der Waals surface area (Å²) in [5.41, 5.74) is 5.83. The van der Waals surface area contributed by atoms with Crippen molar-refractivity contribution < 1.29 is 14.0 Å². The van der Waals surface area contributed by atoms with Gasteiger partial charge in [0.05, 0.1) is 6.04 Å². The Bertz CT molecular complexity index is 427. The second kappa shape index (κ2) is 7.75. The van der Waals surface area contributed by atoms with Gasteiger partial charge in [0.2, 0.25) is 0 Å². The van der Waals surface area contributed by atoms with Crippen LogP contribution in [0.2, 0.25) is 18.1 Å². The molecule has 0 aliphatic carbocycles. The SMILES string of the molecule is CC(C)(C)OC(=O)N1CCC[C@H](N)[C@H]1CCO[Si](C)(C)C(C)(C)C. The number of likely N-dealkylation sites (tertiary alicyclic amines) is 1. The first-order valence-corrected chi connectivity index (χ1v) is 12.0. The molecular weight excluding hydrogens is 320 g/mol. The van der Waals surface area contributed by atoms with Gasteiger partial charge in [-0.05, 0) is 58.2 Å². The van der Waals surface area contributed by atoms with Gasteiger partial charge in [-0.1, -0.05) is 20.8 Å². The monoisotopic (exact) mass is 358 g/mol. The molecule has 0 radical (unpaired) electrons. The van der Waals surface area contributed by atoms with Crippen LogP contribution in [0.4, 0.5) is 4.79 Å². The van der Waals surface area contributed by atoms with Crippen molar-refractivity contribution in [2.24, 2.45) is 5.73 Å². The minimum absolute atomic E-state index is 0.00151. The molecule has 1 aliphatic rings. The largest absolute Gasteiger partial charge is 0.444 e. The molecular formula is C18H38N2O3Si. The van der Waals surface area contributed by atoms with Gasteiger partial charge in [-0.2, -0.15) is 0 Å². The van der Waals surface area contributed by atoms with Gasteiger partial charge in [0, 0.05) is 19.2 Å². The second-order valence-electron chi connectivity index (χ2n) is 9.44. The summed E-state index contributed by atoms with van der Waals surface area (Å²) in [5, 5.41) is 0.187. The molecule has 0 unspecified atom stereocenters. The fourth-order valence-corrected chi connectivity index (χ4v) is 3.72. The molecule has 24 heavy (non-hydrogen) atoms. The molecule has 5 nitrogen and oxygen atoms in total. The maximum Gasteiger partial charge on any atom is 0.410 e. The number of hydrogen-bond donors (Lipinski definition) is 1. The fourth-order valence-electron chi connectivity index (χ4n) is 2.66. The van der Waals surface area contributed by atoms with Crippen LogP contribution in [0.5, 0.6) is 0 Å². The van der Waals surface area contributed by atoms with Crippen molar-refractivity contribution in [1.29, 1.82) is 0 Å². The molecule has 1 saturated heterocycles. The molecule has 1 fully saturated rings. The Morgan fingerprint density at radius 2 is 1.79 bits per heavy atom. The van der Waals surface area contributed by atoms with Gasteiger partial charge in [-0.3, -0.25) is 0 Å². The van der Waals surface area contributed by atoms with Crippen LogP contribution >= 0.6 is 0 Å². The average molecular weight is 359 g/mol. The first-order chi connectivity index (χ1) is 10.7. The van der Waals surface area contributed by atoms with E-state index in [4.69, 9.17) is 14.9 Å². The molecule has 0 aromatic carbocycles. The van der Waals surface area contributed by atoms with Crippen molar-refractivity contribution in [3.63, 3.8) is 0 Å². The van der Waals surface area contributed by atoms with E-state index in [1.807, 2.05) is 25.7 Å². The summed E-state index contributed by atoms with van der Waals surface area (Å²) in [6, 6.07) is -0.00680. The third-order valence-corrected chi connectivity index (χ3v) is 9.68. The highest BCUT2D eigenvalue weighted by Crippen LogP contribution is 2.36. The Kier molecular flexibility index (Phi) is 6.92. The van der Waals surface area contributed by atoms with Crippen LogP contribution < -0.4 is 5.73 Å². The van der Waals surface area contributed by atoms with E-state index in [9.17, 15) is 4.79 Å². The summed E-state index contributed by atoms with van der Waals surface area (Å²) in [4.78, 5) is 14.3. The zero-order valence-corrected chi connectivity index (χ0v) is 17.9. The van der Waals surface area contributed by atoms with Gasteiger partial charge in [0.25, 0.3) is 0 Å². The van der Waals surface area contributed by atoms with Crippen LogP contribution in [0.15, 0.2) is 0 Å². The van der Waals surface area contributed by atoms with Crippen molar-refractivity contribution >= 4 is 14.4 Å². The summed E-state index contributed by atoms with van der Waals surface area (Å²) >= 11 is 0. The molecule has 2 N–H and O–H groups in total. The number of rotatable bonds is 4. The lowest BCUT2D eigenvalue weighted by Crippen LogP contribution is -2.56. The summed E-state index contributed by atoms with van der Waals surface area (Å²) < 4.78 is 11.8. The van der Waals surface area contributed by atoms with Crippen LogP contribution in [-0.2, 0) is 9.16 Å². The molecule has 0 aromatic heterocycles. The van der Waals surface area contributed by atoms with Crippen LogP contribution in [0.25, 0.3) is 0 Å². The van der Waals surface area contributed by atoms with Crippen molar-refractivity contribution in [1.82, 2.24) is 4.90 Å². The van der Waals surface area contributed by atoms with Gasteiger partial charge in [0.15, 0.2) is 8.32 Å². The summed E-state index contributed by atoms with van der Waals surface area (Å²) in [6.45, 7) is 18.2. The molecule has 1 rings (SSSR count). The summed E-state index contributed by atoms with van der Waals surface area (Å²) in [5.74, 6) is 0. The molecule has 142 valence electrons. The van der Waals surface area contributed by atoms with Gasteiger partial charge in [-0.25, -0.2) is 4.79 Å². The highest BCUT2D eigenvalue weighted by atomic mass is 28.4. The lowest BCUT2D eigenvalue weighted by Gasteiger charge is -2.41. The lowest BCUT2D eigenvalue weighted by molar-refractivity contribution is 0.00392. The average Bonchev–Trinajstić information content (AvgIpc) is 2.37. The van der Waals surface area contributed by atoms with E-state index in [0.29, 0.717) is 13.2 Å². The Hall–Kier alpha value is -0.593. The van der Waals surface area contributed by atoms with Crippen molar-refractivity contribution in [3.05, 3.63) is 0 Å². The number of ether oxygens (including phenoxy) is 1. The number of nitrogens with two attached hydrogens (primary N) is 1. The molecule has 1 amide bonds. The zero-order valence-electron chi connectivity index (χ0n) is 16.9. The van der Waals surface area contributed by atoms with Crippen LogP contribution in [-0.4, -0.2) is 50.1 Å². The van der Waals surface area contributed by atoms with E-state index in [-0.39, 0.29) is 23.2 Å². The first-order valence-electron chi connectivity index (χ1n) is 9.14. The van der Waals surface area contributed by atoms with E-state index >= 15 is 0 Å². The predicted molar refractivity (Wildman–Crippen MR) is 102 cm³/mol. The number of amides is 1. The fraction of sp³-hybridized carbons (Fsp3) is 0.944. The normalized spacial score (nSPS) is 23.3. The number of hydrogen-bond acceptors (Lipinski definition) is 4. The minimum atomic E-state index is -1.77. The molecule has 1 heterocycles. The van der Waals surface area contributed by atoms with Crippen LogP contribution in [0, 0.1) is 0 Å². The molecule has 1 aliphatic heterocycles. The number of nitrogens with zero attached hydrogens (tertiary/aromatic N) is 1. The van der Waals surface area contributed by atoms with Crippen molar-refractivity contribution in [2.45, 2.75) is 96.6 Å². The second-order valence-corrected chi connectivity index (χ2v) is 14.3. The van der Waals surface area contributed by atoms with E-state index < -0.39 is 13.9 Å². The van der Waals surface area contributed by atoms with E-state index in [1.165, 1.54) is 0 Å². The molecule has 0 saturated carbocycles. The van der Waals surface area contributed by atoms with Crippen molar-refractivity contribution in [2.75, 3.05) is 13.2 Å². The Morgan fingerprint density at radius 3 is 2.29 bits per heavy atom. The Morgan fingerprint density at radius 1 is 1.21 bits per heavy atom. The van der Waals surface area contributed by atoms with Gasteiger partial charge in [0.1, 0.15) is 5.60 Å². The third-order valence-electron chi connectivity index (χ3n) is 5.14. The maximum atomic E-state index is 12.5. The minimum Gasteiger partial charge on any atom is -0.444 e. The van der Waals surface area contributed by atoms with Gasteiger partial charge >= 0.3 is 6.09 Å². The van der Waals surface area contributed by atoms with E-state index in [2.05, 4.69) is 33.9 Å². The molecule has 6 heteroatoms. The zero-order chi connectivity index (χ0) is 18.8. The molecule has 0 spiro atoms. The van der Waals surface area contributed by atoms with E-state index in [0.717, 1.165) is 19.3 Å². The maximum absolute atomic E-state index is 12.5. The first kappa shape index (κ1) is 21.4. The van der Waals surface area contributed by atoms with E-state index in [1.54, 1.807) is 0 Å². The van der Waals surface area contributed by atoms with Crippen LogP contribution in [0.1, 0.15) is 60.8 Å². The lowest BCUT2D eigenvalue weighted by atomic mass is 9.95. The van der Waals surface area contributed by atoms with Crippen molar-refractivity contribution in [3.8, 4) is 0 Å². The topological polar surface area (TPSA) is 64.8 Å². The Labute approximate surface area is 149 Å². The Balaban J connectivity index is 2.69. The standard InChI is InChI=1S/C18H38N2O3Si/c1-17(2,3)23-16(21)20-12-9-10-14(19)15(20)11-13-22-24(7,8)18(4,5)6/h14-15H,9-13,19H2,1-8H3/t14-,15+/m0/s1. The number of piperidine rings is 1. The molecule has 0 bridgehead atoms. The summed E-state index contributed by atoms with van der Waals surface area (Å²) in [6.07, 6.45) is 2.40. The van der Waals surface area contributed by atoms with Gasteiger partial charge in [-0.15, -0.1) is 0 Å². The molecule has 2 atom stereocenters.